The lowest BCUT2D eigenvalue weighted by Gasteiger charge is -2.19. The van der Waals surface area contributed by atoms with Crippen molar-refractivity contribution in [3.05, 3.63) is 91.8 Å². The number of rotatable bonds is 6. The van der Waals surface area contributed by atoms with E-state index >= 15 is 0 Å². The first-order valence-corrected chi connectivity index (χ1v) is 10.9. The van der Waals surface area contributed by atoms with Crippen molar-refractivity contribution < 1.29 is 9.53 Å². The maximum Gasteiger partial charge on any atom is 0.331 e. The van der Waals surface area contributed by atoms with Gasteiger partial charge in [0, 0.05) is 37.2 Å². The first-order chi connectivity index (χ1) is 15.5. The molecule has 0 radical (unpaired) electrons. The highest BCUT2D eigenvalue weighted by molar-refractivity contribution is 7.99. The average Bonchev–Trinajstić information content (AvgIpc) is 2.84. The SMILES string of the molecule is COc1cc(CNC(=O)C2=Cc3c(n(C)c(=O)n(Cc4ccccc4)c3=O)SC2)ccn1. The Bertz CT molecular complexity index is 1310. The van der Waals surface area contributed by atoms with Crippen LogP contribution in [0.1, 0.15) is 16.7 Å². The Morgan fingerprint density at radius 1 is 1.19 bits per heavy atom. The number of nitrogens with zero attached hydrogens (tertiary/aromatic N) is 3. The number of benzene rings is 1. The van der Waals surface area contributed by atoms with E-state index in [0.717, 1.165) is 11.1 Å². The molecule has 0 bridgehead atoms. The van der Waals surface area contributed by atoms with Gasteiger partial charge in [0.15, 0.2) is 0 Å². The van der Waals surface area contributed by atoms with Crippen molar-refractivity contribution in [2.24, 2.45) is 7.05 Å². The second kappa shape index (κ2) is 9.27. The number of hydrogen-bond donors (Lipinski definition) is 1. The minimum Gasteiger partial charge on any atom is -0.481 e. The first-order valence-electron chi connectivity index (χ1n) is 9.96. The van der Waals surface area contributed by atoms with Gasteiger partial charge in [-0.25, -0.2) is 9.78 Å². The maximum absolute atomic E-state index is 13.1. The topological polar surface area (TPSA) is 95.2 Å². The largest absolute Gasteiger partial charge is 0.481 e. The van der Waals surface area contributed by atoms with Crippen LogP contribution in [0.4, 0.5) is 0 Å². The second-order valence-electron chi connectivity index (χ2n) is 7.28. The van der Waals surface area contributed by atoms with Crippen molar-refractivity contribution >= 4 is 23.7 Å². The molecule has 0 fully saturated rings. The summed E-state index contributed by atoms with van der Waals surface area (Å²) in [6.45, 7) is 0.474. The molecular weight excluding hydrogens is 428 g/mol. The third kappa shape index (κ3) is 4.38. The fraction of sp³-hybridized carbons (Fsp3) is 0.217. The van der Waals surface area contributed by atoms with Gasteiger partial charge in [-0.15, -0.1) is 11.8 Å². The van der Waals surface area contributed by atoms with Gasteiger partial charge in [0.05, 0.1) is 24.2 Å². The molecular formula is C23H22N4O4S. The van der Waals surface area contributed by atoms with Gasteiger partial charge < -0.3 is 10.1 Å². The summed E-state index contributed by atoms with van der Waals surface area (Å²) in [4.78, 5) is 42.7. The van der Waals surface area contributed by atoms with Crippen LogP contribution in [0.25, 0.3) is 6.08 Å². The van der Waals surface area contributed by atoms with E-state index in [2.05, 4.69) is 10.3 Å². The molecule has 9 heteroatoms. The normalized spacial score (nSPS) is 12.6. The van der Waals surface area contributed by atoms with Crippen molar-refractivity contribution in [1.82, 2.24) is 19.4 Å². The Balaban J connectivity index is 1.61. The molecule has 32 heavy (non-hydrogen) atoms. The minimum atomic E-state index is -0.400. The number of carbonyl (C=O) groups is 1. The molecule has 8 nitrogen and oxygen atoms in total. The molecule has 0 spiro atoms. The van der Waals surface area contributed by atoms with Crippen LogP contribution in [0.2, 0.25) is 0 Å². The van der Waals surface area contributed by atoms with Gasteiger partial charge in [0.2, 0.25) is 11.8 Å². The van der Waals surface area contributed by atoms with Gasteiger partial charge in [0.1, 0.15) is 0 Å². The Morgan fingerprint density at radius 2 is 1.97 bits per heavy atom. The van der Waals surface area contributed by atoms with Gasteiger partial charge in [-0.05, 0) is 23.3 Å². The Labute approximate surface area is 188 Å². The van der Waals surface area contributed by atoms with Crippen LogP contribution in [0.3, 0.4) is 0 Å². The monoisotopic (exact) mass is 450 g/mol. The fourth-order valence-electron chi connectivity index (χ4n) is 3.44. The zero-order chi connectivity index (χ0) is 22.7. The van der Waals surface area contributed by atoms with E-state index < -0.39 is 5.56 Å². The average molecular weight is 451 g/mol. The molecule has 1 amide bonds. The number of amides is 1. The summed E-state index contributed by atoms with van der Waals surface area (Å²) in [7, 11) is 3.18. The predicted octanol–water partition coefficient (Wildman–Crippen LogP) is 1.80. The first kappa shape index (κ1) is 21.6. The molecule has 1 N–H and O–H groups in total. The number of ether oxygens (including phenoxy) is 1. The number of aromatic nitrogens is 3. The molecule has 164 valence electrons. The summed E-state index contributed by atoms with van der Waals surface area (Å²) < 4.78 is 7.78. The van der Waals surface area contributed by atoms with Crippen molar-refractivity contribution in [3.8, 4) is 5.88 Å². The fourth-order valence-corrected chi connectivity index (χ4v) is 4.52. The molecule has 1 aromatic carbocycles. The smallest absolute Gasteiger partial charge is 0.331 e. The van der Waals surface area contributed by atoms with Gasteiger partial charge in [-0.3, -0.25) is 18.7 Å². The number of carbonyl (C=O) groups excluding carboxylic acids is 1. The number of methoxy groups -OCH3 is 1. The van der Waals surface area contributed by atoms with Crippen molar-refractivity contribution in [3.63, 3.8) is 0 Å². The number of nitrogens with one attached hydrogen (secondary N) is 1. The molecule has 0 unspecified atom stereocenters. The van der Waals surface area contributed by atoms with E-state index in [0.29, 0.717) is 34.3 Å². The third-order valence-electron chi connectivity index (χ3n) is 5.15. The molecule has 3 heterocycles. The molecule has 0 aliphatic carbocycles. The molecule has 3 aromatic rings. The quantitative estimate of drug-likeness (QED) is 0.576. The van der Waals surface area contributed by atoms with Crippen LogP contribution in [-0.2, 0) is 24.9 Å². The summed E-state index contributed by atoms with van der Waals surface area (Å²) >= 11 is 1.31. The van der Waals surface area contributed by atoms with Gasteiger partial charge in [-0.1, -0.05) is 30.3 Å². The van der Waals surface area contributed by atoms with Gasteiger partial charge in [0.25, 0.3) is 5.56 Å². The zero-order valence-corrected chi connectivity index (χ0v) is 18.5. The summed E-state index contributed by atoms with van der Waals surface area (Å²) in [5, 5.41) is 3.44. The number of hydrogen-bond acceptors (Lipinski definition) is 6. The molecule has 0 saturated heterocycles. The van der Waals surface area contributed by atoms with E-state index in [1.165, 1.54) is 28.0 Å². The summed E-state index contributed by atoms with van der Waals surface area (Å²) in [6, 6.07) is 12.9. The Morgan fingerprint density at radius 3 is 2.72 bits per heavy atom. The van der Waals surface area contributed by atoms with Crippen LogP contribution in [0.5, 0.6) is 5.88 Å². The highest BCUT2D eigenvalue weighted by Gasteiger charge is 2.23. The Kier molecular flexibility index (Phi) is 6.27. The highest BCUT2D eigenvalue weighted by atomic mass is 32.2. The van der Waals surface area contributed by atoms with Gasteiger partial charge in [-0.2, -0.15) is 0 Å². The van der Waals surface area contributed by atoms with Crippen LogP contribution < -0.4 is 21.3 Å². The summed E-state index contributed by atoms with van der Waals surface area (Å²) in [5.74, 6) is 0.577. The minimum absolute atomic E-state index is 0.170. The number of thioether (sulfide) groups is 1. The highest BCUT2D eigenvalue weighted by Crippen LogP contribution is 2.28. The molecule has 0 saturated carbocycles. The van der Waals surface area contributed by atoms with Crippen molar-refractivity contribution in [1.29, 1.82) is 0 Å². The summed E-state index contributed by atoms with van der Waals surface area (Å²) in [5.41, 5.74) is 1.76. The predicted molar refractivity (Wildman–Crippen MR) is 123 cm³/mol. The van der Waals surface area contributed by atoms with Crippen molar-refractivity contribution in [2.75, 3.05) is 12.9 Å². The Hall–Kier alpha value is -3.59. The van der Waals surface area contributed by atoms with E-state index in [-0.39, 0.29) is 18.1 Å². The zero-order valence-electron chi connectivity index (χ0n) is 17.7. The van der Waals surface area contributed by atoms with Crippen LogP contribution in [-0.4, -0.2) is 32.9 Å². The molecule has 1 aliphatic heterocycles. The summed E-state index contributed by atoms with van der Waals surface area (Å²) in [6.07, 6.45) is 3.21. The van der Waals surface area contributed by atoms with E-state index in [4.69, 9.17) is 4.74 Å². The lowest BCUT2D eigenvalue weighted by Crippen LogP contribution is -2.42. The van der Waals surface area contributed by atoms with E-state index in [1.54, 1.807) is 31.5 Å². The van der Waals surface area contributed by atoms with Crippen LogP contribution in [0.15, 0.2) is 68.8 Å². The van der Waals surface area contributed by atoms with Crippen LogP contribution in [0, 0.1) is 0 Å². The van der Waals surface area contributed by atoms with E-state index in [9.17, 15) is 14.4 Å². The molecule has 1 aliphatic rings. The molecule has 2 aromatic heterocycles. The maximum atomic E-state index is 13.1. The lowest BCUT2D eigenvalue weighted by atomic mass is 10.1. The van der Waals surface area contributed by atoms with Crippen LogP contribution >= 0.6 is 11.8 Å². The second-order valence-corrected chi connectivity index (χ2v) is 8.25. The van der Waals surface area contributed by atoms with E-state index in [1.807, 2.05) is 30.3 Å². The molecule has 4 rings (SSSR count). The number of fused-ring (bicyclic) bond motifs is 1. The van der Waals surface area contributed by atoms with Gasteiger partial charge >= 0.3 is 5.69 Å². The standard InChI is InChI=1S/C23H22N4O4S/c1-26-22-18(21(29)27(23(26)30)13-15-6-4-3-5-7-15)11-17(14-32-22)20(28)25-12-16-8-9-24-19(10-16)31-2/h3-11H,12-14H2,1-2H3,(H,25,28). The number of pyridine rings is 1. The molecule has 0 atom stereocenters. The van der Waals surface area contributed by atoms with Crippen molar-refractivity contribution in [2.45, 2.75) is 18.1 Å². The lowest BCUT2D eigenvalue weighted by molar-refractivity contribution is -0.117. The third-order valence-corrected chi connectivity index (χ3v) is 6.37.